The fourth-order valence-corrected chi connectivity index (χ4v) is 1.19. The topological polar surface area (TPSA) is 55.1 Å². The molecule has 0 aromatic heterocycles. The zero-order valence-corrected chi connectivity index (χ0v) is 8.81. The van der Waals surface area contributed by atoms with Crippen LogP contribution in [0, 0.1) is 0 Å². The quantitative estimate of drug-likeness (QED) is 0.591. The van der Waals surface area contributed by atoms with Crippen molar-refractivity contribution in [2.75, 3.05) is 6.54 Å². The SMILES string of the molecule is CCCCNC(=O)CC(N)CCC. The van der Waals surface area contributed by atoms with Gasteiger partial charge in [0.2, 0.25) is 5.91 Å². The van der Waals surface area contributed by atoms with Gasteiger partial charge in [-0.25, -0.2) is 0 Å². The minimum absolute atomic E-state index is 0.0339. The van der Waals surface area contributed by atoms with Gasteiger partial charge in [-0.2, -0.15) is 0 Å². The van der Waals surface area contributed by atoms with E-state index in [4.69, 9.17) is 5.73 Å². The van der Waals surface area contributed by atoms with E-state index in [-0.39, 0.29) is 11.9 Å². The zero-order chi connectivity index (χ0) is 10.1. The Kier molecular flexibility index (Phi) is 7.69. The molecule has 1 amide bonds. The van der Waals surface area contributed by atoms with E-state index in [2.05, 4.69) is 19.2 Å². The van der Waals surface area contributed by atoms with Crippen LogP contribution in [0.3, 0.4) is 0 Å². The van der Waals surface area contributed by atoms with E-state index in [9.17, 15) is 4.79 Å². The van der Waals surface area contributed by atoms with Gasteiger partial charge < -0.3 is 11.1 Å². The fraction of sp³-hybridized carbons (Fsp3) is 0.900. The van der Waals surface area contributed by atoms with Crippen LogP contribution in [-0.2, 0) is 4.79 Å². The van der Waals surface area contributed by atoms with Crippen LogP contribution in [-0.4, -0.2) is 18.5 Å². The maximum atomic E-state index is 11.2. The predicted molar refractivity (Wildman–Crippen MR) is 55.4 cm³/mol. The summed E-state index contributed by atoms with van der Waals surface area (Å²) < 4.78 is 0. The summed E-state index contributed by atoms with van der Waals surface area (Å²) in [5, 5.41) is 2.85. The molecule has 0 aliphatic rings. The van der Waals surface area contributed by atoms with Crippen LogP contribution < -0.4 is 11.1 Å². The van der Waals surface area contributed by atoms with Gasteiger partial charge in [0, 0.05) is 19.0 Å². The summed E-state index contributed by atoms with van der Waals surface area (Å²) in [6, 6.07) is 0.0339. The Labute approximate surface area is 81.1 Å². The summed E-state index contributed by atoms with van der Waals surface area (Å²) in [5.74, 6) is 0.0920. The molecule has 0 radical (unpaired) electrons. The Morgan fingerprint density at radius 1 is 1.38 bits per heavy atom. The second kappa shape index (κ2) is 8.05. The third-order valence-corrected chi connectivity index (χ3v) is 1.96. The van der Waals surface area contributed by atoms with Crippen molar-refractivity contribution in [1.82, 2.24) is 5.32 Å². The molecule has 78 valence electrons. The smallest absolute Gasteiger partial charge is 0.221 e. The molecule has 1 atom stereocenters. The number of unbranched alkanes of at least 4 members (excludes halogenated alkanes) is 1. The monoisotopic (exact) mass is 186 g/mol. The van der Waals surface area contributed by atoms with E-state index in [1.54, 1.807) is 0 Å². The third-order valence-electron chi connectivity index (χ3n) is 1.96. The first-order valence-electron chi connectivity index (χ1n) is 5.23. The maximum absolute atomic E-state index is 11.2. The molecular formula is C10H22N2O. The molecule has 0 aliphatic heterocycles. The predicted octanol–water partition coefficient (Wildman–Crippen LogP) is 1.42. The average Bonchev–Trinajstić information content (AvgIpc) is 2.05. The van der Waals surface area contributed by atoms with Gasteiger partial charge in [-0.05, 0) is 12.8 Å². The van der Waals surface area contributed by atoms with Crippen molar-refractivity contribution in [3.05, 3.63) is 0 Å². The van der Waals surface area contributed by atoms with Gasteiger partial charge >= 0.3 is 0 Å². The summed E-state index contributed by atoms with van der Waals surface area (Å²) >= 11 is 0. The van der Waals surface area contributed by atoms with Gasteiger partial charge in [-0.1, -0.05) is 26.7 Å². The molecule has 0 rings (SSSR count). The molecule has 0 fully saturated rings. The summed E-state index contributed by atoms with van der Waals surface area (Å²) in [5.41, 5.74) is 5.73. The van der Waals surface area contributed by atoms with Crippen LogP contribution in [0.2, 0.25) is 0 Å². The highest BCUT2D eigenvalue weighted by molar-refractivity contribution is 5.76. The van der Waals surface area contributed by atoms with Crippen molar-refractivity contribution in [3.63, 3.8) is 0 Å². The second-order valence-corrected chi connectivity index (χ2v) is 3.46. The maximum Gasteiger partial charge on any atom is 0.221 e. The first kappa shape index (κ1) is 12.4. The third kappa shape index (κ3) is 7.78. The number of hydrogen-bond acceptors (Lipinski definition) is 2. The van der Waals surface area contributed by atoms with Crippen LogP contribution >= 0.6 is 0 Å². The minimum Gasteiger partial charge on any atom is -0.356 e. The van der Waals surface area contributed by atoms with Gasteiger partial charge in [-0.15, -0.1) is 0 Å². The lowest BCUT2D eigenvalue weighted by Gasteiger charge is -2.09. The second-order valence-electron chi connectivity index (χ2n) is 3.46. The molecule has 0 heterocycles. The first-order chi connectivity index (χ1) is 6.20. The lowest BCUT2D eigenvalue weighted by atomic mass is 10.1. The van der Waals surface area contributed by atoms with Gasteiger partial charge in [-0.3, -0.25) is 4.79 Å². The van der Waals surface area contributed by atoms with Crippen LogP contribution in [0.5, 0.6) is 0 Å². The van der Waals surface area contributed by atoms with Crippen molar-refractivity contribution < 1.29 is 4.79 Å². The number of rotatable bonds is 7. The van der Waals surface area contributed by atoms with E-state index < -0.39 is 0 Å². The minimum atomic E-state index is 0.0339. The standard InChI is InChI=1S/C10H22N2O/c1-3-5-7-12-10(13)8-9(11)6-4-2/h9H,3-8,11H2,1-2H3,(H,12,13). The van der Waals surface area contributed by atoms with Gasteiger partial charge in [0.15, 0.2) is 0 Å². The molecule has 0 spiro atoms. The number of amides is 1. The van der Waals surface area contributed by atoms with Crippen molar-refractivity contribution in [2.45, 2.75) is 52.0 Å². The molecule has 0 saturated carbocycles. The molecule has 0 aromatic rings. The van der Waals surface area contributed by atoms with Crippen LogP contribution in [0.15, 0.2) is 0 Å². The van der Waals surface area contributed by atoms with Gasteiger partial charge in [0.1, 0.15) is 0 Å². The van der Waals surface area contributed by atoms with Crippen LogP contribution in [0.1, 0.15) is 46.0 Å². The normalized spacial score (nSPS) is 12.5. The number of hydrogen-bond donors (Lipinski definition) is 2. The first-order valence-corrected chi connectivity index (χ1v) is 5.23. The van der Waals surface area contributed by atoms with E-state index in [1.165, 1.54) is 0 Å². The summed E-state index contributed by atoms with van der Waals surface area (Å²) in [4.78, 5) is 11.2. The van der Waals surface area contributed by atoms with Crippen molar-refractivity contribution in [3.8, 4) is 0 Å². The molecule has 3 heteroatoms. The molecule has 0 aliphatic carbocycles. The van der Waals surface area contributed by atoms with Gasteiger partial charge in [0.05, 0.1) is 0 Å². The molecule has 3 nitrogen and oxygen atoms in total. The largest absolute Gasteiger partial charge is 0.356 e. The highest BCUT2D eigenvalue weighted by atomic mass is 16.1. The van der Waals surface area contributed by atoms with Crippen molar-refractivity contribution >= 4 is 5.91 Å². The van der Waals surface area contributed by atoms with Crippen LogP contribution in [0.25, 0.3) is 0 Å². The average molecular weight is 186 g/mol. The lowest BCUT2D eigenvalue weighted by Crippen LogP contribution is -2.32. The van der Waals surface area contributed by atoms with Crippen molar-refractivity contribution in [2.24, 2.45) is 5.73 Å². The molecular weight excluding hydrogens is 164 g/mol. The Bertz CT molecular complexity index is 137. The number of nitrogens with two attached hydrogens (primary N) is 1. The molecule has 3 N–H and O–H groups in total. The Balaban J connectivity index is 3.38. The zero-order valence-electron chi connectivity index (χ0n) is 8.81. The Hall–Kier alpha value is -0.570. The van der Waals surface area contributed by atoms with Gasteiger partial charge in [0.25, 0.3) is 0 Å². The lowest BCUT2D eigenvalue weighted by molar-refractivity contribution is -0.121. The van der Waals surface area contributed by atoms with E-state index in [1.807, 2.05) is 0 Å². The fourth-order valence-electron chi connectivity index (χ4n) is 1.19. The highest BCUT2D eigenvalue weighted by Gasteiger charge is 2.07. The molecule has 1 unspecified atom stereocenters. The summed E-state index contributed by atoms with van der Waals surface area (Å²) in [6.07, 6.45) is 4.61. The summed E-state index contributed by atoms with van der Waals surface area (Å²) in [6.45, 7) is 4.97. The van der Waals surface area contributed by atoms with Crippen molar-refractivity contribution in [1.29, 1.82) is 0 Å². The number of carbonyl (C=O) groups excluding carboxylic acids is 1. The molecule has 0 aromatic carbocycles. The summed E-state index contributed by atoms with van der Waals surface area (Å²) in [7, 11) is 0. The Morgan fingerprint density at radius 2 is 2.08 bits per heavy atom. The molecule has 13 heavy (non-hydrogen) atoms. The molecule has 0 saturated heterocycles. The van der Waals surface area contributed by atoms with E-state index in [0.29, 0.717) is 6.42 Å². The van der Waals surface area contributed by atoms with E-state index >= 15 is 0 Å². The van der Waals surface area contributed by atoms with E-state index in [0.717, 1.165) is 32.2 Å². The van der Waals surface area contributed by atoms with Crippen LogP contribution in [0.4, 0.5) is 0 Å². The highest BCUT2D eigenvalue weighted by Crippen LogP contribution is 1.97. The molecule has 0 bridgehead atoms. The number of carbonyl (C=O) groups is 1. The number of nitrogens with one attached hydrogen (secondary N) is 1. The Morgan fingerprint density at radius 3 is 2.62 bits per heavy atom.